The van der Waals surface area contributed by atoms with Crippen molar-refractivity contribution in [3.63, 3.8) is 0 Å². The Hall–Kier alpha value is -10.9. The van der Waals surface area contributed by atoms with Gasteiger partial charge in [-0.25, -0.2) is 19.4 Å². The lowest BCUT2D eigenvalue weighted by Gasteiger charge is -2.26. The van der Waals surface area contributed by atoms with Crippen molar-refractivity contribution >= 4 is 105 Å². The summed E-state index contributed by atoms with van der Waals surface area (Å²) in [4.78, 5) is 17.1. The van der Waals surface area contributed by atoms with Crippen molar-refractivity contribution in [2.45, 2.75) is 0 Å². The Morgan fingerprint density at radius 1 is 0.357 bits per heavy atom. The quantitative estimate of drug-likeness (QED) is 0.156. The highest BCUT2D eigenvalue weighted by Crippen LogP contribution is 2.46. The number of nitriles is 2. The van der Waals surface area contributed by atoms with Crippen molar-refractivity contribution in [2.75, 3.05) is 4.90 Å². The van der Waals surface area contributed by atoms with Crippen molar-refractivity contribution < 1.29 is 0 Å². The SMILES string of the molecule is [C-]#[N+]c1ccc(-n2c3ccccc3c3cc(N(c4ccc5c(c4)c4ccccc4n5-c4ccc(C#N)cc4[N+]#[C-])c4ccc5c(c4)c4ccccc4n5-c4ccc([N+]#[C-])cc4[N+]#[C-])ccc32)c(C#N)c1. The van der Waals surface area contributed by atoms with Gasteiger partial charge in [-0.05, 0) is 109 Å². The number of benzene rings is 9. The lowest BCUT2D eigenvalue weighted by Crippen LogP contribution is -2.10. The molecule has 12 rings (SSSR count). The average Bonchev–Trinajstić information content (AvgIpc) is 4.05. The topological polar surface area (TPSA) is 83.0 Å². The molecular weight excluding hydrogens is 861 g/mol. The lowest BCUT2D eigenvalue weighted by atomic mass is 10.1. The van der Waals surface area contributed by atoms with Gasteiger partial charge < -0.3 is 18.6 Å². The van der Waals surface area contributed by atoms with Crippen molar-refractivity contribution in [1.82, 2.24) is 13.7 Å². The van der Waals surface area contributed by atoms with E-state index in [0.717, 1.165) is 82.5 Å². The van der Waals surface area contributed by atoms with Crippen molar-refractivity contribution in [2.24, 2.45) is 0 Å². The number of nitrogens with zero attached hydrogens (tertiary/aromatic N) is 10. The van der Waals surface area contributed by atoms with E-state index in [4.69, 9.17) is 26.3 Å². The van der Waals surface area contributed by atoms with Gasteiger partial charge in [0, 0.05) is 60.6 Å². The summed E-state index contributed by atoms with van der Waals surface area (Å²) in [6.07, 6.45) is 0. The minimum atomic E-state index is 0.377. The predicted molar refractivity (Wildman–Crippen MR) is 279 cm³/mol. The van der Waals surface area contributed by atoms with E-state index in [1.165, 1.54) is 0 Å². The second kappa shape index (κ2) is 15.9. The molecule has 0 unspecified atom stereocenters. The van der Waals surface area contributed by atoms with Crippen LogP contribution in [0.3, 0.4) is 0 Å². The van der Waals surface area contributed by atoms with E-state index in [1.54, 1.807) is 36.4 Å². The monoisotopic (exact) mass is 890 g/mol. The fourth-order valence-electron chi connectivity index (χ4n) is 10.1. The van der Waals surface area contributed by atoms with Crippen LogP contribution < -0.4 is 4.90 Å². The van der Waals surface area contributed by atoms with Crippen molar-refractivity contribution in [3.8, 4) is 29.2 Å². The first-order valence-corrected chi connectivity index (χ1v) is 22.1. The highest BCUT2D eigenvalue weighted by molar-refractivity contribution is 6.14. The van der Waals surface area contributed by atoms with Gasteiger partial charge in [-0.1, -0.05) is 72.8 Å². The van der Waals surface area contributed by atoms with Gasteiger partial charge in [0.15, 0.2) is 11.4 Å². The molecule has 0 aliphatic heterocycles. The third-order valence-corrected chi connectivity index (χ3v) is 13.1. The van der Waals surface area contributed by atoms with Crippen LogP contribution in [0.2, 0.25) is 0 Å². The fourth-order valence-corrected chi connectivity index (χ4v) is 10.1. The fraction of sp³-hybridized carbons (Fsp3) is 0. The van der Waals surface area contributed by atoms with Crippen LogP contribution in [0.1, 0.15) is 11.1 Å². The van der Waals surface area contributed by atoms with Crippen LogP contribution >= 0.6 is 0 Å². The average molecular weight is 891 g/mol. The molecule has 320 valence electrons. The number of aromatic nitrogens is 3. The largest absolute Gasteiger partial charge is 0.319 e. The molecule has 12 aromatic rings. The minimum absolute atomic E-state index is 0.377. The standard InChI is InChI=1S/C60H30N10/c1-63-39-18-24-52(38(30-39)36-62)68-53-14-8-5-11-44(53)47-32-41(20-26-56(47)68)67(42-21-27-57-48(33-42)45-12-6-9-15-54(45)69(57)59-23-17-37(35-61)29-50(59)65-3)43-22-28-58-49(34-43)46-13-7-10-16-55(46)70(58)60-25-19-40(64-2)31-51(60)66-4/h5-34H. The Bertz CT molecular complexity index is 4060. The maximum absolute atomic E-state index is 10.3. The predicted octanol–water partition coefficient (Wildman–Crippen LogP) is 16.4. The van der Waals surface area contributed by atoms with E-state index in [9.17, 15) is 10.5 Å². The van der Waals surface area contributed by atoms with Gasteiger partial charge in [-0.3, -0.25) is 0 Å². The first kappa shape index (κ1) is 40.6. The van der Waals surface area contributed by atoms with E-state index in [2.05, 4.69) is 129 Å². The highest BCUT2D eigenvalue weighted by atomic mass is 15.1. The molecule has 3 aromatic heterocycles. The molecule has 0 saturated heterocycles. The van der Waals surface area contributed by atoms with Gasteiger partial charge in [-0.2, -0.15) is 10.5 Å². The first-order chi connectivity index (χ1) is 34.4. The maximum atomic E-state index is 10.3. The van der Waals surface area contributed by atoms with Gasteiger partial charge in [0.05, 0.1) is 88.5 Å². The number of fused-ring (bicyclic) bond motifs is 9. The minimum Gasteiger partial charge on any atom is -0.319 e. The Balaban J connectivity index is 1.13. The van der Waals surface area contributed by atoms with Crippen LogP contribution in [0.4, 0.5) is 39.8 Å². The number of para-hydroxylation sites is 3. The zero-order chi connectivity index (χ0) is 47.6. The van der Waals surface area contributed by atoms with Gasteiger partial charge >= 0.3 is 0 Å². The highest BCUT2D eigenvalue weighted by Gasteiger charge is 2.23. The summed E-state index contributed by atoms with van der Waals surface area (Å²) in [6, 6.07) is 63.8. The molecular formula is C60H30N10. The lowest BCUT2D eigenvalue weighted by molar-refractivity contribution is 1.17. The van der Waals surface area contributed by atoms with Gasteiger partial charge in [0.25, 0.3) is 0 Å². The zero-order valence-corrected chi connectivity index (χ0v) is 36.8. The summed E-state index contributed by atoms with van der Waals surface area (Å²) >= 11 is 0. The number of hydrogen-bond donors (Lipinski definition) is 0. The first-order valence-electron chi connectivity index (χ1n) is 22.1. The molecule has 0 aliphatic carbocycles. The summed E-state index contributed by atoms with van der Waals surface area (Å²) in [5.74, 6) is 0. The molecule has 0 saturated carbocycles. The molecule has 3 heterocycles. The van der Waals surface area contributed by atoms with Crippen LogP contribution in [-0.4, -0.2) is 13.7 Å². The Kier molecular flexibility index (Phi) is 9.24. The molecule has 10 heteroatoms. The molecule has 0 bridgehead atoms. The maximum Gasteiger partial charge on any atom is 0.211 e. The molecule has 70 heavy (non-hydrogen) atoms. The molecule has 0 atom stereocenters. The van der Waals surface area contributed by atoms with E-state index in [1.807, 2.05) is 66.7 Å². The Labute approximate surface area is 400 Å². The van der Waals surface area contributed by atoms with Crippen LogP contribution in [-0.2, 0) is 0 Å². The summed E-state index contributed by atoms with van der Waals surface area (Å²) in [6.45, 7) is 31.4. The summed E-state index contributed by atoms with van der Waals surface area (Å²) in [5, 5.41) is 25.9. The van der Waals surface area contributed by atoms with E-state index in [-0.39, 0.29) is 0 Å². The van der Waals surface area contributed by atoms with Crippen LogP contribution in [0.5, 0.6) is 0 Å². The number of anilines is 3. The molecule has 0 fully saturated rings. The van der Waals surface area contributed by atoms with Crippen LogP contribution in [0.25, 0.3) is 102 Å². The molecule has 0 spiro atoms. The van der Waals surface area contributed by atoms with Gasteiger partial charge in [-0.15, -0.1) is 0 Å². The summed E-state index contributed by atoms with van der Waals surface area (Å²) in [7, 11) is 0. The molecule has 0 aliphatic rings. The zero-order valence-electron chi connectivity index (χ0n) is 36.8. The molecule has 0 N–H and O–H groups in total. The van der Waals surface area contributed by atoms with Gasteiger partial charge in [0.2, 0.25) is 11.4 Å². The Morgan fingerprint density at radius 2 is 0.757 bits per heavy atom. The summed E-state index contributed by atoms with van der Waals surface area (Å²) < 4.78 is 6.29. The molecule has 0 amide bonds. The normalized spacial score (nSPS) is 11.1. The molecule has 0 radical (unpaired) electrons. The number of rotatable bonds is 6. The molecule has 9 aromatic carbocycles. The number of hydrogen-bond acceptors (Lipinski definition) is 3. The third-order valence-electron chi connectivity index (χ3n) is 13.1. The third kappa shape index (κ3) is 6.07. The molecule has 10 nitrogen and oxygen atoms in total. The van der Waals surface area contributed by atoms with Crippen LogP contribution in [0.15, 0.2) is 182 Å². The van der Waals surface area contributed by atoms with E-state index >= 15 is 0 Å². The Morgan fingerprint density at radius 3 is 1.20 bits per heavy atom. The second-order valence-corrected chi connectivity index (χ2v) is 16.7. The second-order valence-electron chi connectivity index (χ2n) is 16.7. The van der Waals surface area contributed by atoms with E-state index < -0.39 is 0 Å². The van der Waals surface area contributed by atoms with Crippen LogP contribution in [0, 0.1) is 49.0 Å². The smallest absolute Gasteiger partial charge is 0.211 e. The van der Waals surface area contributed by atoms with Crippen molar-refractivity contribution in [3.05, 3.63) is 239 Å². The summed E-state index contributed by atoms with van der Waals surface area (Å²) in [5.41, 5.74) is 12.5. The van der Waals surface area contributed by atoms with E-state index in [0.29, 0.717) is 50.9 Å². The van der Waals surface area contributed by atoms with Gasteiger partial charge in [0.1, 0.15) is 0 Å². The van der Waals surface area contributed by atoms with Crippen molar-refractivity contribution in [1.29, 1.82) is 10.5 Å².